The molecule has 0 saturated carbocycles. The molecule has 0 aliphatic heterocycles. The van der Waals surface area contributed by atoms with Crippen molar-refractivity contribution < 1.29 is 4.42 Å². The van der Waals surface area contributed by atoms with Crippen LogP contribution in [-0.4, -0.2) is 26.3 Å². The van der Waals surface area contributed by atoms with Crippen molar-refractivity contribution in [2.24, 2.45) is 0 Å². The van der Waals surface area contributed by atoms with Crippen LogP contribution in [0.4, 0.5) is 0 Å². The maximum absolute atomic E-state index is 5.48. The van der Waals surface area contributed by atoms with Crippen LogP contribution in [0.5, 0.6) is 0 Å². The smallest absolute Gasteiger partial charge is 0.196 e. The summed E-state index contributed by atoms with van der Waals surface area (Å²) >= 11 is 0. The quantitative estimate of drug-likeness (QED) is 0.722. The van der Waals surface area contributed by atoms with Crippen molar-refractivity contribution in [2.75, 3.05) is 7.05 Å². The van der Waals surface area contributed by atoms with Gasteiger partial charge in [-0.1, -0.05) is 19.9 Å². The van der Waals surface area contributed by atoms with Gasteiger partial charge in [0.05, 0.1) is 17.6 Å². The first kappa shape index (κ1) is 13.8. The lowest BCUT2D eigenvalue weighted by molar-refractivity contribution is 0.310. The number of rotatable bonds is 5. The van der Waals surface area contributed by atoms with E-state index >= 15 is 0 Å². The number of imidazole rings is 1. The molecule has 0 spiro atoms. The standard InChI is InChI=1S/C16H20N4O/c1-12(2)16-18-13(11-21-16)9-19(3)10-14-8-17-15-6-4-5-7-20(14)15/h4-8,11-12H,9-10H2,1-3H3. The Morgan fingerprint density at radius 1 is 1.29 bits per heavy atom. The largest absolute Gasteiger partial charge is 0.448 e. The molecule has 0 atom stereocenters. The van der Waals surface area contributed by atoms with Gasteiger partial charge < -0.3 is 8.82 Å². The zero-order valence-electron chi connectivity index (χ0n) is 12.7. The lowest BCUT2D eigenvalue weighted by Gasteiger charge is -2.14. The van der Waals surface area contributed by atoms with E-state index in [9.17, 15) is 0 Å². The summed E-state index contributed by atoms with van der Waals surface area (Å²) in [5, 5.41) is 0. The van der Waals surface area contributed by atoms with Crippen molar-refractivity contribution in [3.8, 4) is 0 Å². The van der Waals surface area contributed by atoms with E-state index in [1.165, 1.54) is 5.69 Å². The Kier molecular flexibility index (Phi) is 3.75. The molecule has 0 N–H and O–H groups in total. The molecule has 0 unspecified atom stereocenters. The number of pyridine rings is 1. The molecule has 3 rings (SSSR count). The molecule has 5 heteroatoms. The molecular weight excluding hydrogens is 264 g/mol. The molecule has 110 valence electrons. The Labute approximate surface area is 124 Å². The van der Waals surface area contributed by atoms with Crippen molar-refractivity contribution in [3.63, 3.8) is 0 Å². The van der Waals surface area contributed by atoms with Crippen LogP contribution in [0.3, 0.4) is 0 Å². The summed E-state index contributed by atoms with van der Waals surface area (Å²) in [7, 11) is 2.08. The Morgan fingerprint density at radius 3 is 2.90 bits per heavy atom. The van der Waals surface area contributed by atoms with Crippen LogP contribution in [-0.2, 0) is 13.1 Å². The maximum atomic E-state index is 5.48. The first-order chi connectivity index (χ1) is 10.1. The first-order valence-electron chi connectivity index (χ1n) is 7.17. The fraction of sp³-hybridized carbons (Fsp3) is 0.375. The molecule has 0 aliphatic rings. The van der Waals surface area contributed by atoms with E-state index in [1.807, 2.05) is 30.6 Å². The summed E-state index contributed by atoms with van der Waals surface area (Å²) in [5.41, 5.74) is 3.11. The second-order valence-electron chi connectivity index (χ2n) is 5.68. The van der Waals surface area contributed by atoms with Gasteiger partial charge in [0.1, 0.15) is 11.9 Å². The van der Waals surface area contributed by atoms with Gasteiger partial charge in [0, 0.05) is 25.2 Å². The molecule has 3 aromatic rings. The second kappa shape index (κ2) is 5.69. The van der Waals surface area contributed by atoms with Crippen LogP contribution in [0.25, 0.3) is 5.65 Å². The summed E-state index contributed by atoms with van der Waals surface area (Å²) in [4.78, 5) is 11.1. The molecule has 0 aromatic carbocycles. The van der Waals surface area contributed by atoms with Crippen molar-refractivity contribution in [2.45, 2.75) is 32.9 Å². The zero-order valence-corrected chi connectivity index (χ0v) is 12.7. The molecule has 0 aliphatic carbocycles. The third-order valence-electron chi connectivity index (χ3n) is 3.42. The average molecular weight is 284 g/mol. The number of fused-ring (bicyclic) bond motifs is 1. The van der Waals surface area contributed by atoms with Gasteiger partial charge in [-0.15, -0.1) is 0 Å². The highest BCUT2D eigenvalue weighted by atomic mass is 16.3. The second-order valence-corrected chi connectivity index (χ2v) is 5.68. The molecule has 5 nitrogen and oxygen atoms in total. The summed E-state index contributed by atoms with van der Waals surface area (Å²) in [5.74, 6) is 1.12. The Morgan fingerprint density at radius 2 is 2.14 bits per heavy atom. The normalized spacial score (nSPS) is 11.9. The van der Waals surface area contributed by atoms with E-state index in [1.54, 1.807) is 6.26 Å². The average Bonchev–Trinajstić information content (AvgIpc) is 3.07. The van der Waals surface area contributed by atoms with E-state index in [2.05, 4.69) is 40.2 Å². The van der Waals surface area contributed by atoms with Gasteiger partial charge in [0.2, 0.25) is 0 Å². The number of aromatic nitrogens is 3. The summed E-state index contributed by atoms with van der Waals surface area (Å²) in [6, 6.07) is 6.03. The minimum absolute atomic E-state index is 0.322. The number of hydrogen-bond acceptors (Lipinski definition) is 4. The predicted molar refractivity (Wildman–Crippen MR) is 81.0 cm³/mol. The highest BCUT2D eigenvalue weighted by molar-refractivity contribution is 5.39. The van der Waals surface area contributed by atoms with Crippen molar-refractivity contribution in [1.82, 2.24) is 19.3 Å². The van der Waals surface area contributed by atoms with E-state index in [4.69, 9.17) is 4.42 Å². The van der Waals surface area contributed by atoms with E-state index < -0.39 is 0 Å². The monoisotopic (exact) mass is 284 g/mol. The van der Waals surface area contributed by atoms with Crippen LogP contribution in [0.15, 0.2) is 41.3 Å². The van der Waals surface area contributed by atoms with Crippen LogP contribution < -0.4 is 0 Å². The molecule has 3 aromatic heterocycles. The highest BCUT2D eigenvalue weighted by Crippen LogP contribution is 2.15. The minimum atomic E-state index is 0.322. The van der Waals surface area contributed by atoms with Gasteiger partial charge >= 0.3 is 0 Å². The third kappa shape index (κ3) is 2.97. The molecule has 0 saturated heterocycles. The van der Waals surface area contributed by atoms with Crippen LogP contribution in [0.1, 0.15) is 37.0 Å². The number of oxazole rings is 1. The topological polar surface area (TPSA) is 46.6 Å². The van der Waals surface area contributed by atoms with Gasteiger partial charge in [-0.25, -0.2) is 9.97 Å². The van der Waals surface area contributed by atoms with E-state index in [-0.39, 0.29) is 0 Å². The molecule has 0 bridgehead atoms. The van der Waals surface area contributed by atoms with Crippen molar-refractivity contribution >= 4 is 5.65 Å². The van der Waals surface area contributed by atoms with Gasteiger partial charge in [0.25, 0.3) is 0 Å². The van der Waals surface area contributed by atoms with E-state index in [0.717, 1.165) is 30.3 Å². The molecule has 0 radical (unpaired) electrons. The van der Waals surface area contributed by atoms with Gasteiger partial charge in [-0.05, 0) is 19.2 Å². The van der Waals surface area contributed by atoms with Gasteiger partial charge in [-0.2, -0.15) is 0 Å². The Hall–Kier alpha value is -2.14. The highest BCUT2D eigenvalue weighted by Gasteiger charge is 2.11. The molecule has 3 heterocycles. The van der Waals surface area contributed by atoms with Crippen molar-refractivity contribution in [3.05, 3.63) is 54.1 Å². The lowest BCUT2D eigenvalue weighted by Crippen LogP contribution is -2.18. The first-order valence-corrected chi connectivity index (χ1v) is 7.17. The zero-order chi connectivity index (χ0) is 14.8. The Bertz CT molecular complexity index is 729. The fourth-order valence-electron chi connectivity index (χ4n) is 2.37. The van der Waals surface area contributed by atoms with Crippen LogP contribution >= 0.6 is 0 Å². The lowest BCUT2D eigenvalue weighted by atomic mass is 10.2. The van der Waals surface area contributed by atoms with Crippen LogP contribution in [0.2, 0.25) is 0 Å². The third-order valence-corrected chi connectivity index (χ3v) is 3.42. The van der Waals surface area contributed by atoms with E-state index in [0.29, 0.717) is 5.92 Å². The summed E-state index contributed by atoms with van der Waals surface area (Å²) in [6.45, 7) is 5.74. The maximum Gasteiger partial charge on any atom is 0.196 e. The molecule has 0 fully saturated rings. The SMILES string of the molecule is CC(C)c1nc(CN(C)Cc2cnc3ccccn23)co1. The number of nitrogens with zero attached hydrogens (tertiary/aromatic N) is 4. The van der Waals surface area contributed by atoms with Crippen molar-refractivity contribution in [1.29, 1.82) is 0 Å². The fourth-order valence-corrected chi connectivity index (χ4v) is 2.37. The Balaban J connectivity index is 1.69. The van der Waals surface area contributed by atoms with Crippen LogP contribution in [0, 0.1) is 0 Å². The predicted octanol–water partition coefficient (Wildman–Crippen LogP) is 3.08. The van der Waals surface area contributed by atoms with Gasteiger partial charge in [0.15, 0.2) is 5.89 Å². The molecule has 21 heavy (non-hydrogen) atoms. The molecule has 0 amide bonds. The molecular formula is C16H20N4O. The minimum Gasteiger partial charge on any atom is -0.448 e. The number of hydrogen-bond donors (Lipinski definition) is 0. The summed E-state index contributed by atoms with van der Waals surface area (Å²) < 4.78 is 7.59. The van der Waals surface area contributed by atoms with Gasteiger partial charge in [-0.3, -0.25) is 4.90 Å². The summed E-state index contributed by atoms with van der Waals surface area (Å²) in [6.07, 6.45) is 5.72.